The van der Waals surface area contributed by atoms with E-state index < -0.39 is 17.2 Å². The molecule has 3 aliphatic carbocycles. The molecule has 4 nitrogen and oxygen atoms in total. The molecule has 1 amide bonds. The summed E-state index contributed by atoms with van der Waals surface area (Å²) in [5.74, 6) is -0.524. The van der Waals surface area contributed by atoms with E-state index in [1.165, 1.54) is 0 Å². The molecule has 38 heavy (non-hydrogen) atoms. The van der Waals surface area contributed by atoms with Gasteiger partial charge in [-0.3, -0.25) is 9.78 Å². The van der Waals surface area contributed by atoms with Crippen LogP contribution in [0.25, 0.3) is 0 Å². The fraction of sp³-hybridized carbons (Fsp3) is 0.419. The predicted octanol–water partition coefficient (Wildman–Crippen LogP) is 6.55. The van der Waals surface area contributed by atoms with Crippen molar-refractivity contribution in [3.63, 3.8) is 0 Å². The zero-order valence-corrected chi connectivity index (χ0v) is 21.3. The van der Waals surface area contributed by atoms with Crippen LogP contribution in [0.3, 0.4) is 0 Å². The van der Waals surface area contributed by atoms with Crippen LogP contribution in [-0.2, 0) is 18.3 Å². The van der Waals surface area contributed by atoms with Gasteiger partial charge in [-0.15, -0.1) is 0 Å². The summed E-state index contributed by atoms with van der Waals surface area (Å²) in [5, 5.41) is 13.8. The van der Waals surface area contributed by atoms with Crippen LogP contribution >= 0.6 is 0 Å². The van der Waals surface area contributed by atoms with Gasteiger partial charge in [-0.05, 0) is 104 Å². The highest BCUT2D eigenvalue weighted by molar-refractivity contribution is 6.04. The van der Waals surface area contributed by atoms with Crippen LogP contribution < -0.4 is 5.32 Å². The van der Waals surface area contributed by atoms with Crippen LogP contribution in [0, 0.1) is 18.3 Å². The molecule has 3 aromatic rings. The molecule has 2 N–H and O–H groups in total. The largest absolute Gasteiger partial charge is 0.417 e. The lowest BCUT2D eigenvalue weighted by Crippen LogP contribution is -2.59. The van der Waals surface area contributed by atoms with Crippen molar-refractivity contribution in [1.29, 1.82) is 0 Å². The molecule has 0 unspecified atom stereocenters. The highest BCUT2D eigenvalue weighted by Crippen LogP contribution is 2.69. The zero-order chi connectivity index (χ0) is 26.8. The van der Waals surface area contributed by atoms with Crippen molar-refractivity contribution in [3.05, 3.63) is 94.8 Å². The maximum Gasteiger partial charge on any atom is 0.417 e. The lowest BCUT2D eigenvalue weighted by atomic mass is 9.48. The molecule has 2 fully saturated rings. The van der Waals surface area contributed by atoms with Crippen molar-refractivity contribution >= 4 is 11.6 Å². The number of rotatable bonds is 4. The van der Waals surface area contributed by atoms with Gasteiger partial charge in [0.05, 0.1) is 11.4 Å². The maximum atomic E-state index is 14.1. The number of benzene rings is 2. The first-order valence-corrected chi connectivity index (χ1v) is 13.2. The molecule has 6 rings (SSSR count). The molecule has 3 atom stereocenters. The van der Waals surface area contributed by atoms with Gasteiger partial charge < -0.3 is 10.4 Å². The van der Waals surface area contributed by atoms with E-state index in [0.29, 0.717) is 24.1 Å². The molecule has 198 valence electrons. The molecule has 0 aliphatic heterocycles. The fourth-order valence-electron chi connectivity index (χ4n) is 7.25. The minimum absolute atomic E-state index is 0.233. The average molecular weight is 521 g/mol. The number of carbonyl (C=O) groups is 1. The van der Waals surface area contributed by atoms with Crippen LogP contribution in [-0.4, -0.2) is 27.8 Å². The van der Waals surface area contributed by atoms with Gasteiger partial charge in [0, 0.05) is 17.2 Å². The van der Waals surface area contributed by atoms with Gasteiger partial charge in [0.1, 0.15) is 0 Å². The predicted molar refractivity (Wildman–Crippen MR) is 139 cm³/mol. The molecular weight excluding hydrogens is 489 g/mol. The molecular formula is C31H31F3N2O2. The Balaban J connectivity index is 1.42. The summed E-state index contributed by atoms with van der Waals surface area (Å²) in [4.78, 5) is 17.4. The van der Waals surface area contributed by atoms with Crippen LogP contribution in [0.5, 0.6) is 0 Å². The number of aromatic nitrogens is 1. The second-order valence-corrected chi connectivity index (χ2v) is 11.6. The summed E-state index contributed by atoms with van der Waals surface area (Å²) in [5.41, 5.74) is 1.57. The van der Waals surface area contributed by atoms with Crippen LogP contribution in [0.15, 0.2) is 66.9 Å². The number of pyridine rings is 1. The first-order valence-electron chi connectivity index (χ1n) is 13.2. The summed E-state index contributed by atoms with van der Waals surface area (Å²) in [6.45, 7) is 1.83. The van der Waals surface area contributed by atoms with Gasteiger partial charge in [0.2, 0.25) is 0 Å². The molecule has 1 spiro atoms. The Bertz CT molecular complexity index is 1390. The van der Waals surface area contributed by atoms with Crippen molar-refractivity contribution in [3.8, 4) is 0 Å². The quantitative estimate of drug-likeness (QED) is 0.410. The van der Waals surface area contributed by atoms with Crippen molar-refractivity contribution in [2.75, 3.05) is 5.32 Å². The molecule has 2 saturated carbocycles. The Kier molecular flexibility index (Phi) is 5.73. The monoisotopic (exact) mass is 520 g/mol. The molecule has 0 bridgehead atoms. The van der Waals surface area contributed by atoms with E-state index in [1.807, 2.05) is 49.4 Å². The number of halogens is 3. The third kappa shape index (κ3) is 4.03. The maximum absolute atomic E-state index is 14.1. The van der Waals surface area contributed by atoms with Crippen LogP contribution in [0.2, 0.25) is 0 Å². The molecule has 0 radical (unpaired) electrons. The second-order valence-electron chi connectivity index (χ2n) is 11.6. The highest BCUT2D eigenvalue weighted by Gasteiger charge is 2.68. The van der Waals surface area contributed by atoms with Gasteiger partial charge in [-0.1, -0.05) is 36.4 Å². The Labute approximate surface area is 220 Å². The highest BCUT2D eigenvalue weighted by atomic mass is 19.4. The number of amides is 1. The fourth-order valence-corrected chi connectivity index (χ4v) is 7.25. The lowest BCUT2D eigenvalue weighted by molar-refractivity contribution is -0.282. The normalized spacial score (nSPS) is 27.3. The lowest BCUT2D eigenvalue weighted by Gasteiger charge is -2.57. The van der Waals surface area contributed by atoms with Crippen LogP contribution in [0.4, 0.5) is 18.9 Å². The Morgan fingerprint density at radius 2 is 1.82 bits per heavy atom. The smallest absolute Gasteiger partial charge is 0.380 e. The van der Waals surface area contributed by atoms with Crippen molar-refractivity contribution in [1.82, 2.24) is 4.98 Å². The first kappa shape index (κ1) is 25.1. The number of nitrogens with zero attached hydrogens (tertiary/aromatic N) is 1. The van der Waals surface area contributed by atoms with E-state index in [2.05, 4.69) is 10.3 Å². The molecule has 3 aliphatic rings. The summed E-state index contributed by atoms with van der Waals surface area (Å²) < 4.78 is 42.2. The minimum atomic E-state index is -4.66. The van der Waals surface area contributed by atoms with E-state index in [0.717, 1.165) is 35.2 Å². The van der Waals surface area contributed by atoms with E-state index >= 15 is 0 Å². The summed E-state index contributed by atoms with van der Waals surface area (Å²) in [7, 11) is 0. The van der Waals surface area contributed by atoms with Crippen molar-refractivity contribution < 1.29 is 23.1 Å². The number of fused-ring (bicyclic) bond motifs is 4. The minimum Gasteiger partial charge on any atom is -0.380 e. The Morgan fingerprint density at radius 3 is 2.50 bits per heavy atom. The summed E-state index contributed by atoms with van der Waals surface area (Å²) in [6.07, 6.45) is -0.410. The number of hydrogen-bond acceptors (Lipinski definition) is 3. The van der Waals surface area contributed by atoms with Crippen LogP contribution in [0.1, 0.15) is 64.8 Å². The van der Waals surface area contributed by atoms with E-state index in [-0.39, 0.29) is 36.5 Å². The first-order chi connectivity index (χ1) is 18.1. The Hall–Kier alpha value is -3.19. The average Bonchev–Trinajstić information content (AvgIpc) is 3.66. The van der Waals surface area contributed by atoms with Crippen molar-refractivity contribution in [2.45, 2.75) is 69.1 Å². The Morgan fingerprint density at radius 1 is 1.05 bits per heavy atom. The van der Waals surface area contributed by atoms with Gasteiger partial charge >= 0.3 is 6.18 Å². The standard InChI is InChI=1S/C31H31F3N2O2/c1-20-25(8-5-15-35-20)36-27(37)22-9-10-24-23(16-22)18-28(11-12-28)26-19-30(38,31(32,33)34)14-13-29(24,26)17-21-6-3-2-4-7-21/h2-10,15-16,26,38H,11-14,17-19H2,1H3,(H,36,37)/t26-,29+,30+/m0/s1. The van der Waals surface area contributed by atoms with E-state index in [9.17, 15) is 23.1 Å². The van der Waals surface area contributed by atoms with Crippen molar-refractivity contribution in [2.24, 2.45) is 11.3 Å². The third-order valence-corrected chi connectivity index (χ3v) is 9.42. The van der Waals surface area contributed by atoms with Gasteiger partial charge in [0.15, 0.2) is 5.60 Å². The number of anilines is 1. The topological polar surface area (TPSA) is 62.2 Å². The summed E-state index contributed by atoms with van der Waals surface area (Å²) >= 11 is 0. The molecule has 2 aromatic carbocycles. The number of nitrogens with one attached hydrogen (secondary N) is 1. The van der Waals surface area contributed by atoms with Gasteiger partial charge in [0.25, 0.3) is 5.91 Å². The zero-order valence-electron chi connectivity index (χ0n) is 21.3. The molecule has 1 aromatic heterocycles. The number of hydrogen-bond donors (Lipinski definition) is 2. The number of alkyl halides is 3. The third-order valence-electron chi connectivity index (χ3n) is 9.42. The number of carbonyl (C=O) groups excluding carboxylic acids is 1. The van der Waals surface area contributed by atoms with E-state index in [1.54, 1.807) is 24.4 Å². The number of aryl methyl sites for hydroxylation is 1. The molecule has 1 heterocycles. The SMILES string of the molecule is Cc1ncccc1NC(=O)c1ccc2c(c1)CC1(CC1)[C@@H]1C[C@@](O)(C(F)(F)F)CC[C@@]21Cc1ccccc1. The molecule has 7 heteroatoms. The van der Waals surface area contributed by atoms with E-state index in [4.69, 9.17) is 0 Å². The van der Waals surface area contributed by atoms with Gasteiger partial charge in [-0.25, -0.2) is 0 Å². The second kappa shape index (κ2) is 8.67. The van der Waals surface area contributed by atoms with Gasteiger partial charge in [-0.2, -0.15) is 13.2 Å². The molecule has 0 saturated heterocycles. The summed E-state index contributed by atoms with van der Waals surface area (Å²) in [6, 6.07) is 19.2. The number of aliphatic hydroxyl groups is 1.